The molecule has 0 aliphatic rings. The third-order valence-electron chi connectivity index (χ3n) is 4.20. The molecule has 2 atom stereocenters. The molecule has 0 aliphatic heterocycles. The maximum absolute atomic E-state index is 12.5. The van der Waals surface area contributed by atoms with Crippen LogP contribution >= 0.6 is 0 Å². The number of amides is 1. The molecule has 25 heavy (non-hydrogen) atoms. The number of carbonyl (C=O) groups excluding carboxylic acids is 1. The summed E-state index contributed by atoms with van der Waals surface area (Å²) in [7, 11) is 0. The lowest BCUT2D eigenvalue weighted by Crippen LogP contribution is -2.36. The number of carbonyl (C=O) groups is 1. The van der Waals surface area contributed by atoms with Crippen molar-refractivity contribution in [1.82, 2.24) is 5.32 Å². The molecular weight excluding hydrogens is 312 g/mol. The second-order valence-corrected chi connectivity index (χ2v) is 6.42. The smallest absolute Gasteiger partial charge is 0.253 e. The van der Waals surface area contributed by atoms with E-state index < -0.39 is 6.10 Å². The molecule has 0 aromatic heterocycles. The quantitative estimate of drug-likeness (QED) is 0.770. The van der Waals surface area contributed by atoms with Crippen LogP contribution in [0.15, 0.2) is 54.6 Å². The van der Waals surface area contributed by atoms with Crippen LogP contribution < -0.4 is 11.1 Å². The molecule has 0 saturated heterocycles. The van der Waals surface area contributed by atoms with Gasteiger partial charge in [0.1, 0.15) is 0 Å². The van der Waals surface area contributed by atoms with Gasteiger partial charge in [0.2, 0.25) is 0 Å². The number of nitrogens with two attached hydrogens (primary N) is 1. The van der Waals surface area contributed by atoms with Crippen LogP contribution in [0.25, 0.3) is 0 Å². The van der Waals surface area contributed by atoms with Crippen LogP contribution in [0.1, 0.15) is 55.5 Å². The zero-order chi connectivity index (χ0) is 18.2. The van der Waals surface area contributed by atoms with Crippen molar-refractivity contribution in [2.45, 2.75) is 38.8 Å². The van der Waals surface area contributed by atoms with E-state index in [9.17, 15) is 4.79 Å². The molecule has 4 heteroatoms. The van der Waals surface area contributed by atoms with Gasteiger partial charge in [-0.2, -0.15) is 0 Å². The Labute approximate surface area is 150 Å². The van der Waals surface area contributed by atoms with Crippen LogP contribution in [0.5, 0.6) is 0 Å². The number of ether oxygens (including phenoxy) is 1. The van der Waals surface area contributed by atoms with Crippen molar-refractivity contribution in [2.75, 3.05) is 13.2 Å². The summed E-state index contributed by atoms with van der Waals surface area (Å²) in [6.07, 6.45) is -0.610. The first-order valence-corrected chi connectivity index (χ1v) is 8.82. The van der Waals surface area contributed by atoms with Crippen molar-refractivity contribution in [3.63, 3.8) is 0 Å². The van der Waals surface area contributed by atoms with Gasteiger partial charge >= 0.3 is 0 Å². The minimum Gasteiger partial charge on any atom is -0.364 e. The van der Waals surface area contributed by atoms with E-state index in [1.165, 1.54) is 5.56 Å². The maximum Gasteiger partial charge on any atom is 0.253 e. The molecule has 0 aliphatic carbocycles. The van der Waals surface area contributed by atoms with Crippen molar-refractivity contribution >= 4 is 5.91 Å². The normalized spacial score (nSPS) is 13.5. The summed E-state index contributed by atoms with van der Waals surface area (Å²) in [5.74, 6) is 0.324. The Bertz CT molecular complexity index is 653. The predicted octanol–water partition coefficient (Wildman–Crippen LogP) is 3.70. The monoisotopic (exact) mass is 340 g/mol. The first-order valence-electron chi connectivity index (χ1n) is 8.82. The molecule has 0 radical (unpaired) electrons. The molecule has 2 unspecified atom stereocenters. The van der Waals surface area contributed by atoms with Gasteiger partial charge in [0, 0.05) is 19.2 Å². The summed E-state index contributed by atoms with van der Waals surface area (Å²) in [5.41, 5.74) is 9.36. The van der Waals surface area contributed by atoms with Gasteiger partial charge < -0.3 is 15.8 Å². The molecule has 2 aromatic carbocycles. The molecular formula is C21H28N2O2. The van der Waals surface area contributed by atoms with Crippen molar-refractivity contribution in [3.8, 4) is 0 Å². The highest BCUT2D eigenvalue weighted by atomic mass is 16.5. The van der Waals surface area contributed by atoms with Gasteiger partial charge in [-0.1, -0.05) is 68.4 Å². The van der Waals surface area contributed by atoms with Gasteiger partial charge in [-0.25, -0.2) is 0 Å². The lowest BCUT2D eigenvalue weighted by molar-refractivity contribution is -0.133. The van der Waals surface area contributed by atoms with E-state index in [1.807, 2.05) is 49.4 Å². The van der Waals surface area contributed by atoms with Crippen LogP contribution in [0, 0.1) is 0 Å². The number of hydrogen-bond donors (Lipinski definition) is 2. The molecule has 2 rings (SSSR count). The van der Waals surface area contributed by atoms with Gasteiger partial charge in [0.05, 0.1) is 0 Å². The SMILES string of the molecule is CCOC(C(=O)NCC(N)c1ccc(C(C)C)cc1)c1ccccc1. The van der Waals surface area contributed by atoms with E-state index in [4.69, 9.17) is 10.5 Å². The fourth-order valence-electron chi connectivity index (χ4n) is 2.67. The second-order valence-electron chi connectivity index (χ2n) is 6.42. The summed E-state index contributed by atoms with van der Waals surface area (Å²) >= 11 is 0. The Hall–Kier alpha value is -2.17. The zero-order valence-electron chi connectivity index (χ0n) is 15.2. The fraction of sp³-hybridized carbons (Fsp3) is 0.381. The van der Waals surface area contributed by atoms with Crippen LogP contribution in [0.3, 0.4) is 0 Å². The lowest BCUT2D eigenvalue weighted by atomic mass is 9.99. The molecule has 0 spiro atoms. The van der Waals surface area contributed by atoms with Crippen LogP contribution in [-0.4, -0.2) is 19.1 Å². The van der Waals surface area contributed by atoms with Gasteiger partial charge in [0.15, 0.2) is 6.10 Å². The molecule has 3 N–H and O–H groups in total. The Morgan fingerprint density at radius 3 is 2.16 bits per heavy atom. The highest BCUT2D eigenvalue weighted by Crippen LogP contribution is 2.19. The number of benzene rings is 2. The Morgan fingerprint density at radius 1 is 1.00 bits per heavy atom. The number of nitrogens with one attached hydrogen (secondary N) is 1. The molecule has 134 valence electrons. The topological polar surface area (TPSA) is 64.3 Å². The summed E-state index contributed by atoms with van der Waals surface area (Å²) < 4.78 is 5.62. The van der Waals surface area contributed by atoms with Crippen molar-refractivity contribution in [2.24, 2.45) is 5.73 Å². The molecule has 0 saturated carbocycles. The molecule has 1 amide bonds. The maximum atomic E-state index is 12.5. The fourth-order valence-corrected chi connectivity index (χ4v) is 2.67. The van der Waals surface area contributed by atoms with Crippen LogP contribution in [-0.2, 0) is 9.53 Å². The second kappa shape index (κ2) is 9.35. The average molecular weight is 340 g/mol. The molecule has 0 heterocycles. The van der Waals surface area contributed by atoms with E-state index in [0.29, 0.717) is 19.1 Å². The minimum atomic E-state index is -0.610. The van der Waals surface area contributed by atoms with Crippen molar-refractivity contribution in [1.29, 1.82) is 0 Å². The van der Waals surface area contributed by atoms with E-state index in [0.717, 1.165) is 11.1 Å². The first-order chi connectivity index (χ1) is 12.0. The van der Waals surface area contributed by atoms with Gasteiger partial charge in [-0.05, 0) is 29.5 Å². The van der Waals surface area contributed by atoms with Crippen LogP contribution in [0.2, 0.25) is 0 Å². The average Bonchev–Trinajstić information content (AvgIpc) is 2.64. The molecule has 4 nitrogen and oxygen atoms in total. The number of rotatable bonds is 8. The van der Waals surface area contributed by atoms with E-state index in [-0.39, 0.29) is 11.9 Å². The molecule has 0 bridgehead atoms. The Balaban J connectivity index is 1.97. The van der Waals surface area contributed by atoms with Crippen molar-refractivity contribution in [3.05, 3.63) is 71.3 Å². The van der Waals surface area contributed by atoms with Gasteiger partial charge in [0.25, 0.3) is 5.91 Å². The van der Waals surface area contributed by atoms with Crippen molar-refractivity contribution < 1.29 is 9.53 Å². The van der Waals surface area contributed by atoms with E-state index in [2.05, 4.69) is 31.3 Å². The Kier molecular flexibility index (Phi) is 7.16. The minimum absolute atomic E-state index is 0.165. The highest BCUT2D eigenvalue weighted by Gasteiger charge is 2.21. The van der Waals surface area contributed by atoms with Gasteiger partial charge in [-0.15, -0.1) is 0 Å². The lowest BCUT2D eigenvalue weighted by Gasteiger charge is -2.19. The largest absolute Gasteiger partial charge is 0.364 e. The number of hydrogen-bond acceptors (Lipinski definition) is 3. The summed E-state index contributed by atoms with van der Waals surface area (Å²) in [5, 5.41) is 2.91. The summed E-state index contributed by atoms with van der Waals surface area (Å²) in [6.45, 7) is 7.04. The molecule has 0 fully saturated rings. The Morgan fingerprint density at radius 2 is 1.60 bits per heavy atom. The first kappa shape index (κ1) is 19.2. The van der Waals surface area contributed by atoms with Gasteiger partial charge in [-0.3, -0.25) is 4.79 Å². The van der Waals surface area contributed by atoms with E-state index in [1.54, 1.807) is 0 Å². The summed E-state index contributed by atoms with van der Waals surface area (Å²) in [4.78, 5) is 12.5. The summed E-state index contributed by atoms with van der Waals surface area (Å²) in [6, 6.07) is 17.5. The molecule has 2 aromatic rings. The third-order valence-corrected chi connectivity index (χ3v) is 4.20. The van der Waals surface area contributed by atoms with E-state index >= 15 is 0 Å². The third kappa shape index (κ3) is 5.41. The zero-order valence-corrected chi connectivity index (χ0v) is 15.2. The highest BCUT2D eigenvalue weighted by molar-refractivity contribution is 5.82. The van der Waals surface area contributed by atoms with Crippen LogP contribution in [0.4, 0.5) is 0 Å². The predicted molar refractivity (Wildman–Crippen MR) is 101 cm³/mol. The standard InChI is InChI=1S/C21H28N2O2/c1-4-25-20(18-8-6-5-7-9-18)21(24)23-14-19(22)17-12-10-16(11-13-17)15(2)3/h5-13,15,19-20H,4,14,22H2,1-3H3,(H,23,24).